The highest BCUT2D eigenvalue weighted by molar-refractivity contribution is 9.10. The Morgan fingerprint density at radius 3 is 2.62 bits per heavy atom. The average Bonchev–Trinajstić information content (AvgIpc) is 2.56. The Bertz CT molecular complexity index is 842. The lowest BCUT2D eigenvalue weighted by atomic mass is 10.1. The van der Waals surface area contributed by atoms with Gasteiger partial charge >= 0.3 is 0 Å². The van der Waals surface area contributed by atoms with Gasteiger partial charge in [0, 0.05) is 10.2 Å². The van der Waals surface area contributed by atoms with E-state index in [9.17, 15) is 19.6 Å². The SMILES string of the molecule is COc1cc(C=C(C#N)C(=O)Nc2ccc(F)cc2)c(Br)cc1O. The smallest absolute Gasteiger partial charge is 0.266 e. The average molecular weight is 391 g/mol. The normalized spacial score (nSPS) is 10.8. The van der Waals surface area contributed by atoms with Crippen molar-refractivity contribution in [2.45, 2.75) is 0 Å². The number of rotatable bonds is 4. The first kappa shape index (κ1) is 17.5. The molecule has 5 nitrogen and oxygen atoms in total. The molecule has 0 unspecified atom stereocenters. The van der Waals surface area contributed by atoms with Crippen molar-refractivity contribution < 1.29 is 19.0 Å². The van der Waals surface area contributed by atoms with Gasteiger partial charge in [0.2, 0.25) is 0 Å². The van der Waals surface area contributed by atoms with Gasteiger partial charge in [-0.1, -0.05) is 15.9 Å². The summed E-state index contributed by atoms with van der Waals surface area (Å²) < 4.78 is 18.4. The minimum Gasteiger partial charge on any atom is -0.504 e. The number of halogens is 2. The number of nitriles is 1. The van der Waals surface area contributed by atoms with Crippen molar-refractivity contribution in [3.05, 3.63) is 57.8 Å². The van der Waals surface area contributed by atoms with Crippen molar-refractivity contribution in [2.75, 3.05) is 12.4 Å². The fourth-order valence-electron chi connectivity index (χ4n) is 1.87. The highest BCUT2D eigenvalue weighted by Gasteiger charge is 2.12. The number of aromatic hydroxyl groups is 1. The minimum absolute atomic E-state index is 0.0733. The van der Waals surface area contributed by atoms with Gasteiger partial charge in [0.25, 0.3) is 5.91 Å². The number of hydrogen-bond donors (Lipinski definition) is 2. The molecule has 122 valence electrons. The molecule has 1 amide bonds. The van der Waals surface area contributed by atoms with E-state index in [4.69, 9.17) is 4.74 Å². The number of nitrogens with zero attached hydrogens (tertiary/aromatic N) is 1. The van der Waals surface area contributed by atoms with E-state index in [1.807, 2.05) is 6.07 Å². The third-order valence-corrected chi connectivity index (χ3v) is 3.75. The van der Waals surface area contributed by atoms with Gasteiger partial charge in [-0.05, 0) is 48.0 Å². The standard InChI is InChI=1S/C17H12BrFN2O3/c1-24-16-7-10(14(18)8-15(16)22)6-11(9-20)17(23)21-13-4-2-12(19)3-5-13/h2-8,22H,1H3,(H,21,23). The number of nitrogens with one attached hydrogen (secondary N) is 1. The van der Waals surface area contributed by atoms with Crippen LogP contribution in [-0.4, -0.2) is 18.1 Å². The number of carbonyl (C=O) groups is 1. The van der Waals surface area contributed by atoms with E-state index >= 15 is 0 Å². The topological polar surface area (TPSA) is 82.3 Å². The summed E-state index contributed by atoms with van der Waals surface area (Å²) in [5.74, 6) is -0.927. The first-order valence-corrected chi connectivity index (χ1v) is 7.49. The second kappa shape index (κ2) is 7.62. The highest BCUT2D eigenvalue weighted by Crippen LogP contribution is 2.33. The largest absolute Gasteiger partial charge is 0.504 e. The van der Waals surface area contributed by atoms with Crippen LogP contribution < -0.4 is 10.1 Å². The zero-order valence-corrected chi connectivity index (χ0v) is 14.1. The monoisotopic (exact) mass is 390 g/mol. The molecule has 0 bridgehead atoms. The molecular formula is C17H12BrFN2O3. The van der Waals surface area contributed by atoms with Gasteiger partial charge in [-0.3, -0.25) is 4.79 Å². The lowest BCUT2D eigenvalue weighted by molar-refractivity contribution is -0.112. The van der Waals surface area contributed by atoms with E-state index in [1.54, 1.807) is 0 Å². The summed E-state index contributed by atoms with van der Waals surface area (Å²) in [6, 6.07) is 9.88. The van der Waals surface area contributed by atoms with Crippen molar-refractivity contribution in [2.24, 2.45) is 0 Å². The van der Waals surface area contributed by atoms with Crippen LogP contribution in [0.2, 0.25) is 0 Å². The fourth-order valence-corrected chi connectivity index (χ4v) is 2.31. The molecule has 0 saturated carbocycles. The Labute approximate surface area is 146 Å². The fraction of sp³-hybridized carbons (Fsp3) is 0.0588. The number of phenolic OH excluding ortho intramolecular Hbond substituents is 1. The van der Waals surface area contributed by atoms with Crippen LogP contribution in [0.25, 0.3) is 6.08 Å². The van der Waals surface area contributed by atoms with E-state index in [2.05, 4.69) is 21.2 Å². The molecule has 0 aromatic heterocycles. The molecule has 0 aliphatic rings. The minimum atomic E-state index is -0.636. The van der Waals surface area contributed by atoms with Crippen LogP contribution >= 0.6 is 15.9 Å². The van der Waals surface area contributed by atoms with Gasteiger partial charge < -0.3 is 15.2 Å². The molecule has 7 heteroatoms. The number of phenols is 1. The Kier molecular flexibility index (Phi) is 5.55. The van der Waals surface area contributed by atoms with Crippen molar-refractivity contribution in [1.82, 2.24) is 0 Å². The van der Waals surface area contributed by atoms with Gasteiger partial charge in [-0.2, -0.15) is 5.26 Å². The summed E-state index contributed by atoms with van der Waals surface area (Å²) in [5.41, 5.74) is 0.688. The maximum Gasteiger partial charge on any atom is 0.266 e. The Morgan fingerprint density at radius 1 is 1.38 bits per heavy atom. The predicted molar refractivity (Wildman–Crippen MR) is 91.0 cm³/mol. The molecule has 2 rings (SSSR count). The number of carbonyl (C=O) groups excluding carboxylic acids is 1. The molecular weight excluding hydrogens is 379 g/mol. The van der Waals surface area contributed by atoms with Gasteiger partial charge in [0.15, 0.2) is 11.5 Å². The van der Waals surface area contributed by atoms with Crippen molar-refractivity contribution in [3.63, 3.8) is 0 Å². The molecule has 2 aromatic rings. The molecule has 0 aliphatic heterocycles. The highest BCUT2D eigenvalue weighted by atomic mass is 79.9. The summed E-state index contributed by atoms with van der Waals surface area (Å²) in [4.78, 5) is 12.2. The van der Waals surface area contributed by atoms with Gasteiger partial charge in [-0.25, -0.2) is 4.39 Å². The number of anilines is 1. The number of methoxy groups -OCH3 is 1. The van der Waals surface area contributed by atoms with Crippen molar-refractivity contribution >= 4 is 33.6 Å². The van der Waals surface area contributed by atoms with Crippen LogP contribution in [0, 0.1) is 17.1 Å². The van der Waals surface area contributed by atoms with Crippen molar-refractivity contribution in [3.8, 4) is 17.6 Å². The molecule has 0 aliphatic carbocycles. The van der Waals surface area contributed by atoms with Gasteiger partial charge in [0.1, 0.15) is 17.5 Å². The zero-order valence-electron chi connectivity index (χ0n) is 12.5. The van der Waals surface area contributed by atoms with Crippen LogP contribution in [0.5, 0.6) is 11.5 Å². The van der Waals surface area contributed by atoms with E-state index < -0.39 is 11.7 Å². The molecule has 2 N–H and O–H groups in total. The Balaban J connectivity index is 2.30. The second-order valence-corrected chi connectivity index (χ2v) is 5.53. The molecule has 0 heterocycles. The second-order valence-electron chi connectivity index (χ2n) is 4.68. The number of amides is 1. The first-order chi connectivity index (χ1) is 11.4. The summed E-state index contributed by atoms with van der Waals surface area (Å²) >= 11 is 3.25. The molecule has 0 spiro atoms. The summed E-state index contributed by atoms with van der Waals surface area (Å²) in [6.45, 7) is 0. The Morgan fingerprint density at radius 2 is 2.04 bits per heavy atom. The van der Waals surface area contributed by atoms with Crippen LogP contribution in [-0.2, 0) is 4.79 Å². The van der Waals surface area contributed by atoms with E-state index in [1.165, 1.54) is 49.6 Å². The maximum atomic E-state index is 12.9. The molecule has 0 atom stereocenters. The van der Waals surface area contributed by atoms with Crippen molar-refractivity contribution in [1.29, 1.82) is 5.26 Å². The van der Waals surface area contributed by atoms with Crippen LogP contribution in [0.3, 0.4) is 0 Å². The van der Waals surface area contributed by atoms with Crippen LogP contribution in [0.1, 0.15) is 5.56 Å². The molecule has 0 radical (unpaired) electrons. The summed E-state index contributed by atoms with van der Waals surface area (Å²) in [5, 5.41) is 21.4. The lowest BCUT2D eigenvalue weighted by Crippen LogP contribution is -2.13. The third-order valence-electron chi connectivity index (χ3n) is 3.07. The lowest BCUT2D eigenvalue weighted by Gasteiger charge is -2.08. The Hall–Kier alpha value is -2.85. The molecule has 0 fully saturated rings. The molecule has 24 heavy (non-hydrogen) atoms. The molecule has 0 saturated heterocycles. The zero-order chi connectivity index (χ0) is 17.7. The van der Waals surface area contributed by atoms with Gasteiger partial charge in [-0.15, -0.1) is 0 Å². The van der Waals surface area contributed by atoms with E-state index in [0.717, 1.165) is 0 Å². The number of ether oxygens (including phenoxy) is 1. The van der Waals surface area contributed by atoms with Crippen LogP contribution in [0.4, 0.5) is 10.1 Å². The van der Waals surface area contributed by atoms with E-state index in [0.29, 0.717) is 15.7 Å². The predicted octanol–water partition coefficient (Wildman–Crippen LogP) is 3.85. The van der Waals surface area contributed by atoms with Crippen LogP contribution in [0.15, 0.2) is 46.4 Å². The quantitative estimate of drug-likeness (QED) is 0.613. The van der Waals surface area contributed by atoms with Gasteiger partial charge in [0.05, 0.1) is 7.11 Å². The number of benzene rings is 2. The third kappa shape index (κ3) is 4.12. The molecule has 2 aromatic carbocycles. The number of hydrogen-bond acceptors (Lipinski definition) is 4. The first-order valence-electron chi connectivity index (χ1n) is 6.70. The summed E-state index contributed by atoms with van der Waals surface area (Å²) in [7, 11) is 1.39. The summed E-state index contributed by atoms with van der Waals surface area (Å²) in [6.07, 6.45) is 1.35. The maximum absolute atomic E-state index is 12.9. The van der Waals surface area contributed by atoms with E-state index in [-0.39, 0.29) is 17.1 Å².